The molecular formula is C21H16N4O2S2. The minimum absolute atomic E-state index is 0.213. The largest absolute Gasteiger partial charge is 0.368 e. The summed E-state index contributed by atoms with van der Waals surface area (Å²) in [5.41, 5.74) is 12.5. The molecule has 8 heteroatoms. The molecule has 4 rings (SSSR count). The van der Waals surface area contributed by atoms with E-state index in [4.69, 9.17) is 11.5 Å². The fourth-order valence-corrected chi connectivity index (χ4v) is 5.15. The van der Waals surface area contributed by atoms with E-state index in [1.165, 1.54) is 0 Å². The van der Waals surface area contributed by atoms with Gasteiger partial charge in [-0.2, -0.15) is 0 Å². The van der Waals surface area contributed by atoms with Gasteiger partial charge in [-0.15, -0.1) is 22.7 Å². The summed E-state index contributed by atoms with van der Waals surface area (Å²) in [4.78, 5) is 34.3. The first-order chi connectivity index (χ1) is 14.0. The number of benzene rings is 2. The summed E-state index contributed by atoms with van der Waals surface area (Å²) in [7, 11) is 0. The SMILES string of the molecule is NC(=O)C(C(N)=O)(c1nc(-c2ccccc2)cs1)c1nc(-c2ccccc2)cs1. The van der Waals surface area contributed by atoms with Crippen LogP contribution < -0.4 is 11.5 Å². The number of carbonyl (C=O) groups is 2. The first-order valence-electron chi connectivity index (χ1n) is 8.66. The predicted octanol–water partition coefficient (Wildman–Crippen LogP) is 3.19. The zero-order valence-corrected chi connectivity index (χ0v) is 16.7. The van der Waals surface area contributed by atoms with Gasteiger partial charge in [0.25, 0.3) is 0 Å². The van der Waals surface area contributed by atoms with E-state index < -0.39 is 17.2 Å². The van der Waals surface area contributed by atoms with Gasteiger partial charge >= 0.3 is 0 Å². The molecule has 0 unspecified atom stereocenters. The first kappa shape index (κ1) is 19.0. The normalized spacial score (nSPS) is 11.3. The number of hydrogen-bond acceptors (Lipinski definition) is 6. The lowest BCUT2D eigenvalue weighted by Gasteiger charge is -2.22. The molecule has 0 fully saturated rings. The molecule has 2 amide bonds. The van der Waals surface area contributed by atoms with Crippen molar-refractivity contribution in [3.05, 3.63) is 81.4 Å². The molecule has 0 spiro atoms. The van der Waals surface area contributed by atoms with Gasteiger partial charge in [0.15, 0.2) is 0 Å². The molecule has 4 N–H and O–H groups in total. The van der Waals surface area contributed by atoms with E-state index in [9.17, 15) is 9.59 Å². The van der Waals surface area contributed by atoms with Gasteiger partial charge < -0.3 is 11.5 Å². The molecule has 144 valence electrons. The van der Waals surface area contributed by atoms with Gasteiger partial charge in [0.2, 0.25) is 17.2 Å². The van der Waals surface area contributed by atoms with Crippen molar-refractivity contribution in [3.63, 3.8) is 0 Å². The Kier molecular flexibility index (Phi) is 4.96. The topological polar surface area (TPSA) is 112 Å². The smallest absolute Gasteiger partial charge is 0.247 e. The van der Waals surface area contributed by atoms with Crippen molar-refractivity contribution in [1.29, 1.82) is 0 Å². The van der Waals surface area contributed by atoms with E-state index >= 15 is 0 Å². The van der Waals surface area contributed by atoms with E-state index in [1.54, 1.807) is 10.8 Å². The molecule has 2 heterocycles. The Hall–Kier alpha value is -3.36. The predicted molar refractivity (Wildman–Crippen MR) is 114 cm³/mol. The summed E-state index contributed by atoms with van der Waals surface area (Å²) in [6.07, 6.45) is 0. The van der Waals surface area contributed by atoms with Crippen molar-refractivity contribution in [1.82, 2.24) is 9.97 Å². The van der Waals surface area contributed by atoms with Crippen LogP contribution in [0.15, 0.2) is 71.4 Å². The lowest BCUT2D eigenvalue weighted by Crippen LogP contribution is -2.52. The standard InChI is InChI=1S/C21H16N4O2S2/c22-17(26)21(18(23)27,19-24-15(11-28-19)13-7-3-1-4-8-13)20-25-16(12-29-20)14-9-5-2-6-10-14/h1-12H,(H2,22,26)(H2,23,27). The number of amides is 2. The highest BCUT2D eigenvalue weighted by atomic mass is 32.1. The van der Waals surface area contributed by atoms with Gasteiger partial charge in [-0.1, -0.05) is 60.7 Å². The molecular weight excluding hydrogens is 404 g/mol. The highest BCUT2D eigenvalue weighted by Gasteiger charge is 2.52. The molecule has 0 radical (unpaired) electrons. The van der Waals surface area contributed by atoms with Crippen LogP contribution in [-0.4, -0.2) is 21.8 Å². The Morgan fingerprint density at radius 2 is 1.07 bits per heavy atom. The van der Waals surface area contributed by atoms with Gasteiger partial charge in [-0.05, 0) is 0 Å². The van der Waals surface area contributed by atoms with Gasteiger partial charge in [0, 0.05) is 21.9 Å². The molecule has 4 aromatic rings. The lowest BCUT2D eigenvalue weighted by atomic mass is 9.87. The second-order valence-corrected chi connectivity index (χ2v) is 8.00. The van der Waals surface area contributed by atoms with Crippen molar-refractivity contribution in [2.75, 3.05) is 0 Å². The fourth-order valence-electron chi connectivity index (χ4n) is 3.01. The van der Waals surface area contributed by atoms with E-state index in [1.807, 2.05) is 60.7 Å². The van der Waals surface area contributed by atoms with Gasteiger partial charge in [-0.25, -0.2) is 9.97 Å². The molecule has 0 bridgehead atoms. The Bertz CT molecular complexity index is 1080. The van der Waals surface area contributed by atoms with Crippen molar-refractivity contribution in [2.24, 2.45) is 11.5 Å². The average Bonchev–Trinajstić information content (AvgIpc) is 3.40. The number of thiazole rings is 2. The Labute approximate surface area is 174 Å². The van der Waals surface area contributed by atoms with Crippen LogP contribution in [0.4, 0.5) is 0 Å². The zero-order chi connectivity index (χ0) is 20.4. The molecule has 6 nitrogen and oxygen atoms in total. The molecule has 0 saturated carbocycles. The molecule has 2 aromatic carbocycles. The van der Waals surface area contributed by atoms with E-state index in [2.05, 4.69) is 9.97 Å². The molecule has 0 atom stereocenters. The maximum Gasteiger partial charge on any atom is 0.247 e. The number of hydrogen-bond donors (Lipinski definition) is 2. The van der Waals surface area contributed by atoms with Crippen LogP contribution in [0.25, 0.3) is 22.5 Å². The fraction of sp³-hybridized carbons (Fsp3) is 0.0476. The summed E-state index contributed by atoms with van der Waals surface area (Å²) >= 11 is 2.32. The number of rotatable bonds is 6. The van der Waals surface area contributed by atoms with Crippen molar-refractivity contribution < 1.29 is 9.59 Å². The molecule has 0 aliphatic heterocycles. The molecule has 29 heavy (non-hydrogen) atoms. The van der Waals surface area contributed by atoms with Crippen molar-refractivity contribution in [3.8, 4) is 22.5 Å². The number of nitrogens with two attached hydrogens (primary N) is 2. The van der Waals surface area contributed by atoms with Crippen molar-refractivity contribution >= 4 is 34.5 Å². The van der Waals surface area contributed by atoms with E-state index in [0.29, 0.717) is 11.4 Å². The van der Waals surface area contributed by atoms with Crippen LogP contribution in [0.5, 0.6) is 0 Å². The third-order valence-corrected chi connectivity index (χ3v) is 6.45. The molecule has 0 aliphatic rings. The third kappa shape index (κ3) is 3.22. The third-order valence-electron chi connectivity index (χ3n) is 4.53. The minimum Gasteiger partial charge on any atom is -0.368 e. The maximum absolute atomic E-state index is 12.6. The number of nitrogens with zero attached hydrogens (tertiary/aromatic N) is 2. The Morgan fingerprint density at radius 1 is 0.690 bits per heavy atom. The van der Waals surface area contributed by atoms with Crippen LogP contribution in [0.1, 0.15) is 10.0 Å². The first-order valence-corrected chi connectivity index (χ1v) is 10.4. The lowest BCUT2D eigenvalue weighted by molar-refractivity contribution is -0.132. The van der Waals surface area contributed by atoms with Crippen LogP contribution >= 0.6 is 22.7 Å². The Balaban J connectivity index is 1.85. The van der Waals surface area contributed by atoms with Crippen LogP contribution in [0, 0.1) is 0 Å². The molecule has 2 aromatic heterocycles. The second-order valence-electron chi connectivity index (χ2n) is 6.29. The zero-order valence-electron chi connectivity index (χ0n) is 15.1. The maximum atomic E-state index is 12.6. The van der Waals surface area contributed by atoms with Gasteiger partial charge in [-0.3, -0.25) is 9.59 Å². The quantitative estimate of drug-likeness (QED) is 0.467. The summed E-state index contributed by atoms with van der Waals surface area (Å²) in [5, 5.41) is 3.98. The number of aromatic nitrogens is 2. The second kappa shape index (κ2) is 7.57. The monoisotopic (exact) mass is 420 g/mol. The average molecular weight is 421 g/mol. The summed E-state index contributed by atoms with van der Waals surface area (Å²) in [6, 6.07) is 18.9. The minimum atomic E-state index is -1.92. The van der Waals surface area contributed by atoms with E-state index in [0.717, 1.165) is 33.8 Å². The van der Waals surface area contributed by atoms with Crippen molar-refractivity contribution in [2.45, 2.75) is 5.41 Å². The summed E-state index contributed by atoms with van der Waals surface area (Å²) in [5.74, 6) is -1.79. The molecule has 0 saturated heterocycles. The van der Waals surface area contributed by atoms with Crippen LogP contribution in [0.3, 0.4) is 0 Å². The summed E-state index contributed by atoms with van der Waals surface area (Å²) in [6.45, 7) is 0. The Morgan fingerprint density at radius 3 is 1.41 bits per heavy atom. The van der Waals surface area contributed by atoms with Crippen LogP contribution in [0.2, 0.25) is 0 Å². The summed E-state index contributed by atoms with van der Waals surface area (Å²) < 4.78 is 0. The van der Waals surface area contributed by atoms with Crippen LogP contribution in [-0.2, 0) is 15.0 Å². The molecule has 0 aliphatic carbocycles. The highest BCUT2D eigenvalue weighted by molar-refractivity contribution is 7.12. The van der Waals surface area contributed by atoms with E-state index in [-0.39, 0.29) is 10.0 Å². The number of carbonyl (C=O) groups excluding carboxylic acids is 2. The van der Waals surface area contributed by atoms with Gasteiger partial charge in [0.05, 0.1) is 11.4 Å². The van der Waals surface area contributed by atoms with Gasteiger partial charge in [0.1, 0.15) is 10.0 Å². The number of primary amides is 2. The highest BCUT2D eigenvalue weighted by Crippen LogP contribution is 2.39.